The van der Waals surface area contributed by atoms with Crippen molar-refractivity contribution < 1.29 is 19.9 Å². The molecule has 0 fully saturated rings. The number of rotatable bonds is 3. The van der Waals surface area contributed by atoms with Gasteiger partial charge in [0.25, 0.3) is 0 Å². The second-order valence-electron chi connectivity index (χ2n) is 3.45. The Morgan fingerprint density at radius 1 is 1.43 bits per heavy atom. The molecule has 0 aliphatic heterocycles. The van der Waals surface area contributed by atoms with Crippen molar-refractivity contribution in [1.82, 2.24) is 0 Å². The van der Waals surface area contributed by atoms with Crippen LogP contribution in [0.4, 0.5) is 0 Å². The van der Waals surface area contributed by atoms with Crippen molar-refractivity contribution >= 4 is 16.2 Å². The van der Waals surface area contributed by atoms with Crippen molar-refractivity contribution in [2.45, 2.75) is 18.3 Å². The highest BCUT2D eigenvalue weighted by atomic mass is 31.2. The molecule has 3 atom stereocenters. The van der Waals surface area contributed by atoms with Crippen LogP contribution in [-0.2, 0) is 4.89 Å². The van der Waals surface area contributed by atoms with Gasteiger partial charge in [0.2, 0.25) is 0 Å². The van der Waals surface area contributed by atoms with Crippen LogP contribution in [-0.4, -0.2) is 29.0 Å². The second-order valence-corrected chi connectivity index (χ2v) is 4.39. The summed E-state index contributed by atoms with van der Waals surface area (Å²) in [5, 5.41) is 8.60. The minimum absolute atomic E-state index is 0.104. The van der Waals surface area contributed by atoms with E-state index in [1.165, 1.54) is 5.82 Å². The SMILES string of the molecule is BC1C=CC(/C=C/P(O)O)CC1OO. The van der Waals surface area contributed by atoms with Gasteiger partial charge in [-0.25, -0.2) is 4.89 Å². The first-order valence-corrected chi connectivity index (χ1v) is 5.79. The van der Waals surface area contributed by atoms with Crippen LogP contribution in [0.25, 0.3) is 0 Å². The number of hydrogen-bond acceptors (Lipinski definition) is 4. The van der Waals surface area contributed by atoms with Crippen molar-refractivity contribution in [3.63, 3.8) is 0 Å². The Kier molecular flexibility index (Phi) is 4.79. The topological polar surface area (TPSA) is 69.9 Å². The summed E-state index contributed by atoms with van der Waals surface area (Å²) in [6.45, 7) is 0. The van der Waals surface area contributed by atoms with Gasteiger partial charge in [-0.3, -0.25) is 5.26 Å². The molecule has 3 unspecified atom stereocenters. The number of hydrogen-bond donors (Lipinski definition) is 3. The molecule has 0 saturated heterocycles. The predicted octanol–water partition coefficient (Wildman–Crippen LogP) is 0.652. The molecule has 0 bridgehead atoms. The van der Waals surface area contributed by atoms with E-state index in [-0.39, 0.29) is 17.8 Å². The fourth-order valence-corrected chi connectivity index (χ4v) is 1.85. The van der Waals surface area contributed by atoms with Gasteiger partial charge < -0.3 is 9.79 Å². The van der Waals surface area contributed by atoms with Crippen LogP contribution in [0.2, 0.25) is 5.82 Å². The zero-order chi connectivity index (χ0) is 10.6. The summed E-state index contributed by atoms with van der Waals surface area (Å²) in [6.07, 6.45) is 6.11. The summed E-state index contributed by atoms with van der Waals surface area (Å²) in [7, 11) is -0.0121. The molecule has 0 saturated carbocycles. The Hall–Kier alpha value is -0.185. The van der Waals surface area contributed by atoms with Crippen LogP contribution in [0.1, 0.15) is 6.42 Å². The summed E-state index contributed by atoms with van der Waals surface area (Å²) in [5.74, 6) is 1.66. The largest absolute Gasteiger partial charge is 0.347 e. The summed E-state index contributed by atoms with van der Waals surface area (Å²) >= 11 is 0. The zero-order valence-electron chi connectivity index (χ0n) is 7.95. The Balaban J connectivity index is 2.53. The maximum absolute atomic E-state index is 8.69. The van der Waals surface area contributed by atoms with E-state index in [4.69, 9.17) is 15.0 Å². The van der Waals surface area contributed by atoms with Gasteiger partial charge in [0.1, 0.15) is 7.85 Å². The summed E-state index contributed by atoms with van der Waals surface area (Å²) in [5.41, 5.74) is 0. The summed E-state index contributed by atoms with van der Waals surface area (Å²) < 4.78 is 0. The summed E-state index contributed by atoms with van der Waals surface area (Å²) in [4.78, 5) is 21.7. The third-order valence-corrected chi connectivity index (χ3v) is 2.79. The molecule has 14 heavy (non-hydrogen) atoms. The molecule has 1 rings (SSSR count). The van der Waals surface area contributed by atoms with Crippen LogP contribution in [0.15, 0.2) is 24.0 Å². The minimum Gasteiger partial charge on any atom is -0.347 e. The quantitative estimate of drug-likeness (QED) is 0.213. The first-order chi connectivity index (χ1) is 6.63. The maximum atomic E-state index is 8.69. The van der Waals surface area contributed by atoms with Gasteiger partial charge in [-0.15, -0.1) is 0 Å². The molecule has 0 heterocycles. The van der Waals surface area contributed by atoms with E-state index in [0.29, 0.717) is 6.42 Å². The van der Waals surface area contributed by atoms with Crippen molar-refractivity contribution in [3.8, 4) is 0 Å². The molecule has 0 aromatic carbocycles. The van der Waals surface area contributed by atoms with E-state index < -0.39 is 8.38 Å². The molecule has 78 valence electrons. The molecule has 0 spiro atoms. The van der Waals surface area contributed by atoms with Gasteiger partial charge >= 0.3 is 0 Å². The van der Waals surface area contributed by atoms with E-state index in [2.05, 4.69) is 4.89 Å². The molecule has 0 aromatic heterocycles. The highest BCUT2D eigenvalue weighted by Gasteiger charge is 2.23. The van der Waals surface area contributed by atoms with Crippen molar-refractivity contribution in [2.24, 2.45) is 5.92 Å². The Bertz CT molecular complexity index is 231. The van der Waals surface area contributed by atoms with Crippen molar-refractivity contribution in [1.29, 1.82) is 0 Å². The molecule has 0 radical (unpaired) electrons. The van der Waals surface area contributed by atoms with Crippen LogP contribution in [0, 0.1) is 5.92 Å². The lowest BCUT2D eigenvalue weighted by Crippen LogP contribution is -2.23. The van der Waals surface area contributed by atoms with E-state index in [1.54, 1.807) is 6.08 Å². The standard InChI is InChI=1S/C8H14BO4P/c9-7-2-1-6(3-4-14(11)12)5-8(7)13-10/h1-4,6-8,10-12H,5,9H2/b4-3+. The van der Waals surface area contributed by atoms with E-state index in [0.717, 1.165) is 0 Å². The van der Waals surface area contributed by atoms with Crippen LogP contribution in [0.5, 0.6) is 0 Å². The normalized spacial score (nSPS) is 33.0. The Morgan fingerprint density at radius 2 is 2.14 bits per heavy atom. The minimum atomic E-state index is -1.97. The Morgan fingerprint density at radius 3 is 2.71 bits per heavy atom. The molecule has 4 nitrogen and oxygen atoms in total. The summed E-state index contributed by atoms with van der Waals surface area (Å²) in [6, 6.07) is 0. The molecule has 0 amide bonds. The molecular weight excluding hydrogens is 202 g/mol. The van der Waals surface area contributed by atoms with Gasteiger partial charge in [0.05, 0.1) is 6.10 Å². The molecule has 1 aliphatic rings. The van der Waals surface area contributed by atoms with E-state index >= 15 is 0 Å². The average molecular weight is 216 g/mol. The smallest absolute Gasteiger partial charge is 0.191 e. The molecule has 0 aromatic rings. The van der Waals surface area contributed by atoms with Crippen molar-refractivity contribution in [2.75, 3.05) is 0 Å². The lowest BCUT2D eigenvalue weighted by atomic mass is 9.75. The molecule has 6 heteroatoms. The van der Waals surface area contributed by atoms with Crippen LogP contribution in [0.3, 0.4) is 0 Å². The van der Waals surface area contributed by atoms with Crippen molar-refractivity contribution in [3.05, 3.63) is 24.0 Å². The highest BCUT2D eigenvalue weighted by molar-refractivity contribution is 7.48. The zero-order valence-corrected chi connectivity index (χ0v) is 8.84. The Labute approximate surface area is 85.2 Å². The average Bonchev–Trinajstić information content (AvgIpc) is 2.16. The van der Waals surface area contributed by atoms with Gasteiger partial charge in [-0.1, -0.05) is 18.2 Å². The van der Waals surface area contributed by atoms with Crippen LogP contribution >= 0.6 is 8.38 Å². The lowest BCUT2D eigenvalue weighted by Gasteiger charge is -2.25. The highest BCUT2D eigenvalue weighted by Crippen LogP contribution is 2.31. The van der Waals surface area contributed by atoms with E-state index in [1.807, 2.05) is 20.0 Å². The first-order valence-electron chi connectivity index (χ1n) is 4.47. The van der Waals surface area contributed by atoms with Gasteiger partial charge in [-0.05, 0) is 24.0 Å². The third-order valence-electron chi connectivity index (χ3n) is 2.35. The monoisotopic (exact) mass is 216 g/mol. The van der Waals surface area contributed by atoms with E-state index in [9.17, 15) is 0 Å². The second kappa shape index (κ2) is 5.64. The lowest BCUT2D eigenvalue weighted by molar-refractivity contribution is -0.280. The number of allylic oxidation sites excluding steroid dienone is 2. The maximum Gasteiger partial charge on any atom is 0.191 e. The molecular formula is C8H14BO4P. The molecule has 3 N–H and O–H groups in total. The first kappa shape index (κ1) is 11.9. The van der Waals surface area contributed by atoms with Gasteiger partial charge in [0.15, 0.2) is 8.38 Å². The van der Waals surface area contributed by atoms with Crippen LogP contribution < -0.4 is 0 Å². The van der Waals surface area contributed by atoms with Gasteiger partial charge in [0, 0.05) is 0 Å². The van der Waals surface area contributed by atoms with Gasteiger partial charge in [-0.2, -0.15) is 0 Å². The molecule has 1 aliphatic carbocycles. The predicted molar refractivity (Wildman–Crippen MR) is 57.5 cm³/mol. The fraction of sp³-hybridized carbons (Fsp3) is 0.500. The third kappa shape index (κ3) is 3.52. The fourth-order valence-electron chi connectivity index (χ4n) is 1.47.